The van der Waals surface area contributed by atoms with Crippen LogP contribution >= 0.6 is 11.8 Å². The number of fused-ring (bicyclic) bond motifs is 2. The van der Waals surface area contributed by atoms with Gasteiger partial charge in [-0.25, -0.2) is 4.79 Å². The van der Waals surface area contributed by atoms with Gasteiger partial charge in [0.2, 0.25) is 41.4 Å². The maximum absolute atomic E-state index is 13.9. The van der Waals surface area contributed by atoms with Gasteiger partial charge < -0.3 is 53.0 Å². The second-order valence-electron chi connectivity index (χ2n) is 16.7. The largest absolute Gasteiger partial charge is 0.490 e. The van der Waals surface area contributed by atoms with Gasteiger partial charge in [-0.05, 0) is 64.7 Å². The van der Waals surface area contributed by atoms with Gasteiger partial charge >= 0.3 is 12.1 Å². The molecule has 1 heterocycles. The zero-order chi connectivity index (χ0) is 51.7. The Kier molecular flexibility index (Phi) is 21.6. The van der Waals surface area contributed by atoms with E-state index in [2.05, 4.69) is 37.2 Å². The van der Waals surface area contributed by atoms with Gasteiger partial charge in [-0.1, -0.05) is 50.2 Å². The van der Waals surface area contributed by atoms with Gasteiger partial charge in [-0.3, -0.25) is 43.2 Å². The van der Waals surface area contributed by atoms with Crippen molar-refractivity contribution in [1.82, 2.24) is 36.8 Å². The Morgan fingerprint density at radius 3 is 1.93 bits per heavy atom. The maximum atomic E-state index is 13.9. The number of alkyl halides is 3. The molecule has 0 aromatic heterocycles. The molecule has 7 amide bonds. The summed E-state index contributed by atoms with van der Waals surface area (Å²) in [5.74, 6) is -6.94. The van der Waals surface area contributed by atoms with Crippen LogP contribution in [0.1, 0.15) is 92.1 Å². The van der Waals surface area contributed by atoms with E-state index >= 15 is 0 Å². The predicted octanol–water partition coefficient (Wildman–Crippen LogP) is 0.856. The summed E-state index contributed by atoms with van der Waals surface area (Å²) < 4.78 is 31.7. The molecule has 2 aliphatic rings. The number of carboxylic acid groups (broad SMARTS) is 1. The Morgan fingerprint density at radius 2 is 1.35 bits per heavy atom. The second kappa shape index (κ2) is 26.3. The third-order valence-electron chi connectivity index (χ3n) is 10.6. The van der Waals surface area contributed by atoms with Crippen LogP contribution in [0, 0.1) is 5.92 Å². The van der Waals surface area contributed by atoms with Crippen molar-refractivity contribution in [3.8, 4) is 0 Å². The number of rotatable bonds is 21. The van der Waals surface area contributed by atoms with Crippen molar-refractivity contribution in [2.75, 3.05) is 43.5 Å². The number of anilines is 1. The van der Waals surface area contributed by atoms with Crippen molar-refractivity contribution in [3.63, 3.8) is 0 Å². The fraction of sp³-hybridized carbons (Fsp3) is 0.511. The van der Waals surface area contributed by atoms with E-state index in [1.165, 1.54) is 37.4 Å². The SMILES string of the molecule is CSC[C@H](NC(=O)[C@H](C)NC(=O)[C@H](C)NC(=O)[C@H](C)N)C(=O)NCC(=O)N[C@@H](CC(C)C)C(=O)N1CCC[C@H]1C(=O)NCCCNc1cccc2c1C(=O)c1ccccc1C2=O.O=C(O)C(F)(F)F. The van der Waals surface area contributed by atoms with E-state index in [0.29, 0.717) is 60.3 Å². The number of amides is 7. The lowest BCUT2D eigenvalue weighted by atomic mass is 9.83. The van der Waals surface area contributed by atoms with Crippen LogP contribution in [0.4, 0.5) is 18.9 Å². The van der Waals surface area contributed by atoms with E-state index in [-0.39, 0.29) is 42.1 Å². The summed E-state index contributed by atoms with van der Waals surface area (Å²) in [5.41, 5.74) is 7.45. The number of carbonyl (C=O) groups excluding carboxylic acids is 9. The Bertz CT molecular complexity index is 2240. The molecule has 10 N–H and O–H groups in total. The van der Waals surface area contributed by atoms with Crippen LogP contribution in [0.5, 0.6) is 0 Å². The Hall–Kier alpha value is -6.56. The van der Waals surface area contributed by atoms with Gasteiger partial charge in [0.1, 0.15) is 30.2 Å². The van der Waals surface area contributed by atoms with E-state index in [0.717, 1.165) is 0 Å². The van der Waals surface area contributed by atoms with Gasteiger partial charge in [-0.2, -0.15) is 24.9 Å². The van der Waals surface area contributed by atoms with Crippen molar-refractivity contribution in [2.45, 2.75) is 103 Å². The molecule has 0 unspecified atom stereocenters. The Labute approximate surface area is 401 Å². The van der Waals surface area contributed by atoms with E-state index in [9.17, 15) is 56.3 Å². The number of carboxylic acids is 1. The summed E-state index contributed by atoms with van der Waals surface area (Å²) >= 11 is 1.27. The first-order valence-electron chi connectivity index (χ1n) is 22.1. The van der Waals surface area contributed by atoms with Gasteiger partial charge in [0.25, 0.3) is 0 Å². The first kappa shape index (κ1) is 56.8. The molecule has 1 fully saturated rings. The normalized spacial score (nSPS) is 16.2. The summed E-state index contributed by atoms with van der Waals surface area (Å²) in [6.45, 7) is 8.61. The smallest absolute Gasteiger partial charge is 0.475 e. The van der Waals surface area contributed by atoms with Crippen LogP contribution in [0.15, 0.2) is 42.5 Å². The molecule has 2 aromatic carbocycles. The molecule has 0 radical (unpaired) electrons. The average molecular weight is 992 g/mol. The van der Waals surface area contributed by atoms with Gasteiger partial charge in [-0.15, -0.1) is 0 Å². The van der Waals surface area contributed by atoms with Crippen LogP contribution < -0.4 is 43.0 Å². The number of nitrogens with one attached hydrogen (secondary N) is 7. The molecule has 0 spiro atoms. The van der Waals surface area contributed by atoms with Crippen molar-refractivity contribution < 1.29 is 66.2 Å². The number of halogens is 3. The molecule has 1 aliphatic carbocycles. The summed E-state index contributed by atoms with van der Waals surface area (Å²) in [6, 6.07) is 6.18. The molecule has 1 saturated heterocycles. The fourth-order valence-electron chi connectivity index (χ4n) is 7.13. The number of aliphatic carboxylic acids is 1. The van der Waals surface area contributed by atoms with Crippen molar-refractivity contribution >= 4 is 76.3 Å². The number of likely N-dealkylation sites (tertiary alicyclic amines) is 1. The van der Waals surface area contributed by atoms with Gasteiger partial charge in [0.05, 0.1) is 18.2 Å². The summed E-state index contributed by atoms with van der Waals surface area (Å²) in [7, 11) is 0. The zero-order valence-corrected chi connectivity index (χ0v) is 39.9. The van der Waals surface area contributed by atoms with E-state index in [4.69, 9.17) is 15.6 Å². The molecule has 1 aliphatic heterocycles. The zero-order valence-electron chi connectivity index (χ0n) is 39.0. The maximum Gasteiger partial charge on any atom is 0.490 e. The third-order valence-corrected chi connectivity index (χ3v) is 11.3. The summed E-state index contributed by atoms with van der Waals surface area (Å²) in [4.78, 5) is 128. The first-order valence-corrected chi connectivity index (χ1v) is 23.4. The van der Waals surface area contributed by atoms with Crippen molar-refractivity contribution in [2.24, 2.45) is 11.7 Å². The van der Waals surface area contributed by atoms with Gasteiger partial charge in [0.15, 0.2) is 11.6 Å². The molecule has 4 rings (SSSR count). The van der Waals surface area contributed by atoms with Gasteiger partial charge in [0, 0.05) is 47.8 Å². The molecular formula is C45H60F3N9O11S. The number of carbonyl (C=O) groups is 10. The number of nitrogens with zero attached hydrogens (tertiary/aromatic N) is 1. The first-order chi connectivity index (χ1) is 32.4. The molecule has 378 valence electrons. The Morgan fingerprint density at radius 1 is 0.768 bits per heavy atom. The highest BCUT2D eigenvalue weighted by Gasteiger charge is 2.39. The molecular weight excluding hydrogens is 932 g/mol. The van der Waals surface area contributed by atoms with Crippen LogP contribution in [0.2, 0.25) is 0 Å². The van der Waals surface area contributed by atoms with E-state index < -0.39 is 90.4 Å². The summed E-state index contributed by atoms with van der Waals surface area (Å²) in [6.07, 6.45) is -1.56. The average Bonchev–Trinajstić information content (AvgIpc) is 3.79. The summed E-state index contributed by atoms with van der Waals surface area (Å²) in [5, 5.41) is 26.0. The molecule has 69 heavy (non-hydrogen) atoms. The lowest BCUT2D eigenvalue weighted by Crippen LogP contribution is -2.57. The minimum atomic E-state index is -5.08. The monoisotopic (exact) mass is 991 g/mol. The van der Waals surface area contributed by atoms with E-state index in [1.54, 1.807) is 48.7 Å². The topological polar surface area (TPSA) is 304 Å². The van der Waals surface area contributed by atoms with Crippen LogP contribution in [0.3, 0.4) is 0 Å². The highest BCUT2D eigenvalue weighted by atomic mass is 32.2. The van der Waals surface area contributed by atoms with Crippen LogP contribution in [0.25, 0.3) is 0 Å². The number of nitrogens with two attached hydrogens (primary N) is 1. The number of ketones is 2. The highest BCUT2D eigenvalue weighted by Crippen LogP contribution is 2.32. The van der Waals surface area contributed by atoms with Crippen LogP contribution in [-0.2, 0) is 38.4 Å². The molecule has 0 saturated carbocycles. The Balaban J connectivity index is 0.00000167. The highest BCUT2D eigenvalue weighted by molar-refractivity contribution is 7.98. The van der Waals surface area contributed by atoms with Crippen molar-refractivity contribution in [3.05, 3.63) is 64.7 Å². The lowest BCUT2D eigenvalue weighted by Gasteiger charge is -2.29. The van der Waals surface area contributed by atoms with Crippen LogP contribution in [-0.4, -0.2) is 150 Å². The third kappa shape index (κ3) is 16.6. The standard InChI is InChI=1S/C43H59N9O9S.C2HF3O2/c1-23(2)20-31(50-34(53)21-47-41(59)32(22-62-6)51-40(58)26(5)49-39(57)25(4)48-38(56)24(3)44)43(61)52-19-10-16-33(52)42(60)46-18-11-17-45-30-15-9-14-29-35(30)37(55)28-13-8-7-12-27(28)36(29)54;3-2(4,5)1(6)7/h7-9,12-15,23-26,31-33,45H,10-11,16-22,44H2,1-6H3,(H,46,60)(H,47,59)(H,48,56)(H,49,57)(H,50,53)(H,51,58);(H,6,7)/t24-,25-,26-,31-,32-,33-;/m0./s1. The molecule has 0 bridgehead atoms. The quantitative estimate of drug-likeness (QED) is 0.0670. The number of thioether (sulfide) groups is 1. The molecule has 6 atom stereocenters. The molecule has 20 nitrogen and oxygen atoms in total. The molecule has 2 aromatic rings. The minimum Gasteiger partial charge on any atom is -0.475 e. The number of hydrogen-bond acceptors (Lipinski definition) is 13. The lowest BCUT2D eigenvalue weighted by molar-refractivity contribution is -0.192. The van der Waals surface area contributed by atoms with E-state index in [1.807, 2.05) is 13.8 Å². The fourth-order valence-corrected chi connectivity index (χ4v) is 7.69. The molecule has 24 heteroatoms. The van der Waals surface area contributed by atoms with Crippen molar-refractivity contribution in [1.29, 1.82) is 0 Å². The minimum absolute atomic E-state index is 0.00765. The number of hydrogen-bond donors (Lipinski definition) is 9. The number of benzene rings is 2. The predicted molar refractivity (Wildman–Crippen MR) is 248 cm³/mol. The second-order valence-corrected chi connectivity index (χ2v) is 17.6.